The first-order valence-corrected chi connectivity index (χ1v) is 9.50. The predicted molar refractivity (Wildman–Crippen MR) is 100 cm³/mol. The molecule has 0 atom stereocenters. The quantitative estimate of drug-likeness (QED) is 0.783. The van der Waals surface area contributed by atoms with E-state index in [9.17, 15) is 4.79 Å². The number of rotatable bonds is 6. The topological polar surface area (TPSA) is 67.2 Å². The summed E-state index contributed by atoms with van der Waals surface area (Å²) in [6.45, 7) is 5.80. The molecule has 0 amide bonds. The Hall–Kier alpha value is -2.28. The molecule has 4 rings (SSSR count). The minimum atomic E-state index is -0.0265. The van der Waals surface area contributed by atoms with Gasteiger partial charge in [0.25, 0.3) is 5.56 Å². The molecule has 0 aromatic carbocycles. The van der Waals surface area contributed by atoms with E-state index >= 15 is 0 Å². The summed E-state index contributed by atoms with van der Waals surface area (Å²) in [5.41, 5.74) is 1.00. The minimum Gasteiger partial charge on any atom is -0.350 e. The average molecular weight is 354 g/mol. The summed E-state index contributed by atoms with van der Waals surface area (Å²) >= 11 is 0. The van der Waals surface area contributed by atoms with Gasteiger partial charge in [-0.15, -0.1) is 0 Å². The molecule has 0 unspecified atom stereocenters. The van der Waals surface area contributed by atoms with Crippen molar-refractivity contribution >= 4 is 5.82 Å². The number of piperidine rings is 1. The van der Waals surface area contributed by atoms with E-state index in [-0.39, 0.29) is 5.56 Å². The lowest BCUT2D eigenvalue weighted by Crippen LogP contribution is -2.47. The Morgan fingerprint density at radius 1 is 1.12 bits per heavy atom. The maximum absolute atomic E-state index is 11.8. The van der Waals surface area contributed by atoms with Crippen LogP contribution in [0.2, 0.25) is 0 Å². The lowest BCUT2D eigenvalue weighted by atomic mass is 10.0. The largest absolute Gasteiger partial charge is 0.350 e. The van der Waals surface area contributed by atoms with Crippen LogP contribution in [-0.4, -0.2) is 56.1 Å². The zero-order chi connectivity index (χ0) is 17.9. The summed E-state index contributed by atoms with van der Waals surface area (Å²) in [7, 11) is 0. The lowest BCUT2D eigenvalue weighted by molar-refractivity contribution is 0.200. The molecule has 138 valence electrons. The third-order valence-electron chi connectivity index (χ3n) is 5.40. The van der Waals surface area contributed by atoms with Crippen molar-refractivity contribution in [3.05, 3.63) is 47.0 Å². The Kier molecular flexibility index (Phi) is 4.97. The molecule has 2 fully saturated rings. The highest BCUT2D eigenvalue weighted by molar-refractivity contribution is 5.43. The second-order valence-electron chi connectivity index (χ2n) is 7.34. The average Bonchev–Trinajstić information content (AvgIpc) is 3.47. The first kappa shape index (κ1) is 17.1. The van der Waals surface area contributed by atoms with Gasteiger partial charge < -0.3 is 14.4 Å². The van der Waals surface area contributed by atoms with Gasteiger partial charge in [0.05, 0.1) is 6.20 Å². The summed E-state index contributed by atoms with van der Waals surface area (Å²) in [5.74, 6) is 1.08. The van der Waals surface area contributed by atoms with Gasteiger partial charge in [0.15, 0.2) is 0 Å². The Balaban J connectivity index is 1.35. The van der Waals surface area contributed by atoms with Crippen molar-refractivity contribution in [3.8, 4) is 0 Å². The molecule has 7 heteroatoms. The molecule has 1 saturated heterocycles. The molecule has 2 aromatic rings. The van der Waals surface area contributed by atoms with Crippen LogP contribution < -0.4 is 10.5 Å². The van der Waals surface area contributed by atoms with Gasteiger partial charge in [-0.2, -0.15) is 0 Å². The van der Waals surface area contributed by atoms with Gasteiger partial charge in [-0.25, -0.2) is 9.97 Å². The fraction of sp³-hybridized carbons (Fsp3) is 0.579. The van der Waals surface area contributed by atoms with Gasteiger partial charge in [0.2, 0.25) is 0 Å². The summed E-state index contributed by atoms with van der Waals surface area (Å²) in [6.07, 6.45) is 11.3. The highest BCUT2D eigenvalue weighted by Gasteiger charge is 2.36. The molecule has 1 aliphatic carbocycles. The number of aryl methyl sites for hydroxylation is 1. The Labute approximate surface area is 153 Å². The number of nitrogens with zero attached hydrogens (tertiary/aromatic N) is 6. The molecule has 0 N–H and O–H groups in total. The number of anilines is 1. The van der Waals surface area contributed by atoms with E-state index in [2.05, 4.69) is 30.8 Å². The van der Waals surface area contributed by atoms with Crippen LogP contribution in [0.25, 0.3) is 0 Å². The van der Waals surface area contributed by atoms with E-state index in [1.165, 1.54) is 19.0 Å². The number of aromatic nitrogens is 4. The fourth-order valence-corrected chi connectivity index (χ4v) is 3.84. The third kappa shape index (κ3) is 3.93. The Morgan fingerprint density at radius 2 is 1.88 bits per heavy atom. The summed E-state index contributed by atoms with van der Waals surface area (Å²) in [4.78, 5) is 29.4. The van der Waals surface area contributed by atoms with Crippen LogP contribution in [0.3, 0.4) is 0 Å². The van der Waals surface area contributed by atoms with E-state index in [0.29, 0.717) is 12.1 Å². The van der Waals surface area contributed by atoms with Gasteiger partial charge in [-0.3, -0.25) is 9.78 Å². The van der Waals surface area contributed by atoms with Crippen molar-refractivity contribution in [3.63, 3.8) is 0 Å². The molecule has 7 nitrogen and oxygen atoms in total. The molecule has 1 saturated carbocycles. The van der Waals surface area contributed by atoms with Crippen LogP contribution in [0, 0.1) is 6.92 Å². The second kappa shape index (κ2) is 7.53. The number of hydrogen-bond donors (Lipinski definition) is 0. The van der Waals surface area contributed by atoms with Crippen molar-refractivity contribution in [2.45, 2.75) is 51.2 Å². The van der Waals surface area contributed by atoms with Gasteiger partial charge in [-0.1, -0.05) is 0 Å². The zero-order valence-electron chi connectivity index (χ0n) is 15.3. The zero-order valence-corrected chi connectivity index (χ0v) is 15.3. The highest BCUT2D eigenvalue weighted by Crippen LogP contribution is 2.35. The Morgan fingerprint density at radius 3 is 2.58 bits per heavy atom. The number of likely N-dealkylation sites (tertiary alicyclic amines) is 1. The van der Waals surface area contributed by atoms with E-state index in [0.717, 1.165) is 50.5 Å². The summed E-state index contributed by atoms with van der Waals surface area (Å²) < 4.78 is 1.74. The molecule has 3 heterocycles. The van der Waals surface area contributed by atoms with Gasteiger partial charge in [0, 0.05) is 62.4 Å². The standard InChI is InChI=1S/C19H26N6O/c1-15-12-18(22-14-21-15)25(16-2-3-16)17-4-7-23(8-5-17)10-11-24-9-6-20-13-19(24)26/h6,9,12-14,16-17H,2-5,7-8,10-11H2,1H3. The normalized spacial score (nSPS) is 18.8. The third-order valence-corrected chi connectivity index (χ3v) is 5.40. The molecule has 26 heavy (non-hydrogen) atoms. The van der Waals surface area contributed by atoms with Gasteiger partial charge in [0.1, 0.15) is 12.1 Å². The molecule has 0 radical (unpaired) electrons. The Bertz CT molecular complexity index is 794. The van der Waals surface area contributed by atoms with Gasteiger partial charge >= 0.3 is 0 Å². The minimum absolute atomic E-state index is 0.0265. The summed E-state index contributed by atoms with van der Waals surface area (Å²) in [5, 5.41) is 0. The van der Waals surface area contributed by atoms with Crippen LogP contribution in [0.15, 0.2) is 35.8 Å². The molecular formula is C19H26N6O. The van der Waals surface area contributed by atoms with Crippen molar-refractivity contribution in [2.75, 3.05) is 24.5 Å². The predicted octanol–water partition coefficient (Wildman–Crippen LogP) is 1.48. The molecule has 2 aromatic heterocycles. The van der Waals surface area contributed by atoms with Crippen molar-refractivity contribution in [1.29, 1.82) is 0 Å². The SMILES string of the molecule is Cc1cc(N(C2CC2)C2CCN(CCn3ccncc3=O)CC2)ncn1. The van der Waals surface area contributed by atoms with E-state index in [1.807, 2.05) is 6.92 Å². The summed E-state index contributed by atoms with van der Waals surface area (Å²) in [6, 6.07) is 3.31. The van der Waals surface area contributed by atoms with Crippen LogP contribution in [-0.2, 0) is 6.54 Å². The van der Waals surface area contributed by atoms with E-state index < -0.39 is 0 Å². The van der Waals surface area contributed by atoms with Crippen molar-refractivity contribution in [2.24, 2.45) is 0 Å². The number of hydrogen-bond acceptors (Lipinski definition) is 6. The smallest absolute Gasteiger partial charge is 0.269 e. The maximum Gasteiger partial charge on any atom is 0.269 e. The molecule has 1 aliphatic heterocycles. The van der Waals surface area contributed by atoms with Crippen molar-refractivity contribution < 1.29 is 0 Å². The van der Waals surface area contributed by atoms with Crippen LogP contribution in [0.1, 0.15) is 31.4 Å². The first-order valence-electron chi connectivity index (χ1n) is 9.50. The molecular weight excluding hydrogens is 328 g/mol. The monoisotopic (exact) mass is 354 g/mol. The molecule has 0 bridgehead atoms. The lowest BCUT2D eigenvalue weighted by Gasteiger charge is -2.39. The second-order valence-corrected chi connectivity index (χ2v) is 7.34. The van der Waals surface area contributed by atoms with Crippen LogP contribution in [0.4, 0.5) is 5.82 Å². The maximum atomic E-state index is 11.8. The van der Waals surface area contributed by atoms with Gasteiger partial charge in [-0.05, 0) is 32.6 Å². The highest BCUT2D eigenvalue weighted by atomic mass is 16.1. The van der Waals surface area contributed by atoms with Crippen molar-refractivity contribution in [1.82, 2.24) is 24.4 Å². The molecule has 2 aliphatic rings. The first-order chi connectivity index (χ1) is 12.7. The van der Waals surface area contributed by atoms with Crippen LogP contribution in [0.5, 0.6) is 0 Å². The van der Waals surface area contributed by atoms with Crippen LogP contribution >= 0.6 is 0 Å². The molecule has 0 spiro atoms. The fourth-order valence-electron chi connectivity index (χ4n) is 3.84. The van der Waals surface area contributed by atoms with E-state index in [4.69, 9.17) is 0 Å². The van der Waals surface area contributed by atoms with E-state index in [1.54, 1.807) is 23.3 Å².